The van der Waals surface area contributed by atoms with Crippen LogP contribution in [0.25, 0.3) is 0 Å². The summed E-state index contributed by atoms with van der Waals surface area (Å²) in [4.78, 5) is 14.4. The average Bonchev–Trinajstić information content (AvgIpc) is 3.32. The van der Waals surface area contributed by atoms with Gasteiger partial charge in [-0.2, -0.15) is 0 Å². The fourth-order valence-electron chi connectivity index (χ4n) is 6.34. The third-order valence-corrected chi connectivity index (χ3v) is 7.60. The number of benzene rings is 1. The van der Waals surface area contributed by atoms with Crippen LogP contribution in [-0.4, -0.2) is 30.4 Å². The van der Waals surface area contributed by atoms with Gasteiger partial charge in [0.05, 0.1) is 6.04 Å². The summed E-state index contributed by atoms with van der Waals surface area (Å²) in [7, 11) is 0. The first kappa shape index (κ1) is 16.6. The van der Waals surface area contributed by atoms with E-state index in [0.717, 1.165) is 24.2 Å². The van der Waals surface area contributed by atoms with Crippen LogP contribution in [0, 0.1) is 17.8 Å². The molecule has 1 N–H and O–H groups in total. The van der Waals surface area contributed by atoms with Crippen LogP contribution in [0.5, 0.6) is 0 Å². The van der Waals surface area contributed by atoms with Gasteiger partial charge in [-0.1, -0.05) is 36.4 Å². The minimum atomic E-state index is 0. The molecule has 3 heteroatoms. The molecule has 1 aliphatic heterocycles. The van der Waals surface area contributed by atoms with Gasteiger partial charge in [0.25, 0.3) is 0 Å². The number of likely N-dealkylation sites (tertiary alicyclic amines) is 1. The summed E-state index contributed by atoms with van der Waals surface area (Å²) >= 11 is 0. The van der Waals surface area contributed by atoms with Gasteiger partial charge in [-0.15, -0.1) is 0 Å². The summed E-state index contributed by atoms with van der Waals surface area (Å²) in [5, 5.41) is 3.20. The lowest BCUT2D eigenvalue weighted by molar-refractivity contribution is -0.119. The molecule has 1 spiro atoms. The Morgan fingerprint density at radius 2 is 2.04 bits per heavy atom. The van der Waals surface area contributed by atoms with Crippen LogP contribution >= 0.6 is 0 Å². The smallest absolute Gasteiger partial charge is 0.217 e. The molecule has 1 heterocycles. The first-order chi connectivity index (χ1) is 12.6. The quantitative estimate of drug-likeness (QED) is 0.832. The lowest BCUT2D eigenvalue weighted by atomic mass is 9.73. The Bertz CT molecular complexity index is 738. The molecule has 140 valence electrons. The number of rotatable bonds is 3. The first-order valence-corrected chi connectivity index (χ1v) is 10.4. The van der Waals surface area contributed by atoms with Gasteiger partial charge in [-0.05, 0) is 74.1 Å². The summed E-state index contributed by atoms with van der Waals surface area (Å²) < 4.78 is 0. The first-order valence-electron chi connectivity index (χ1n) is 10.4. The second kappa shape index (κ2) is 6.23. The molecule has 1 unspecified atom stereocenters. The maximum absolute atomic E-state index is 11.7. The highest BCUT2D eigenvalue weighted by molar-refractivity contribution is 5.73. The summed E-state index contributed by atoms with van der Waals surface area (Å²) in [5.74, 6) is 2.71. The largest absolute Gasteiger partial charge is 0.349 e. The van der Waals surface area contributed by atoms with Gasteiger partial charge >= 0.3 is 0 Å². The SMILES string of the molecule is CC(=O)NC1CC2(CCN(C[C@H]3C[C@H]4C=C[C@@H]3C4)CC2)c2ccccc21.[HH]. The molecule has 2 fully saturated rings. The van der Waals surface area contributed by atoms with Gasteiger partial charge in [-0.3, -0.25) is 4.79 Å². The van der Waals surface area contributed by atoms with E-state index >= 15 is 0 Å². The maximum atomic E-state index is 11.7. The van der Waals surface area contributed by atoms with Gasteiger partial charge in [0.15, 0.2) is 0 Å². The van der Waals surface area contributed by atoms with Crippen molar-refractivity contribution in [3.05, 3.63) is 47.5 Å². The molecular formula is C23H32N2O. The van der Waals surface area contributed by atoms with Crippen molar-refractivity contribution in [3.63, 3.8) is 0 Å². The molecule has 5 rings (SSSR count). The number of nitrogens with zero attached hydrogens (tertiary/aromatic N) is 1. The van der Waals surface area contributed by atoms with E-state index in [1.54, 1.807) is 6.92 Å². The highest BCUT2D eigenvalue weighted by Gasteiger charge is 2.46. The van der Waals surface area contributed by atoms with E-state index in [9.17, 15) is 4.79 Å². The highest BCUT2D eigenvalue weighted by Crippen LogP contribution is 2.51. The van der Waals surface area contributed by atoms with Crippen LogP contribution < -0.4 is 5.32 Å². The molecule has 1 aromatic carbocycles. The number of carbonyl (C=O) groups excluding carboxylic acids is 1. The van der Waals surface area contributed by atoms with Crippen molar-refractivity contribution in [3.8, 4) is 0 Å². The molecule has 1 saturated heterocycles. The Kier molecular flexibility index (Phi) is 3.97. The fraction of sp³-hybridized carbons (Fsp3) is 0.609. The molecule has 1 amide bonds. The second-order valence-corrected chi connectivity index (χ2v) is 9.17. The zero-order valence-corrected chi connectivity index (χ0v) is 15.8. The van der Waals surface area contributed by atoms with Crippen molar-refractivity contribution in [1.29, 1.82) is 0 Å². The van der Waals surface area contributed by atoms with E-state index < -0.39 is 0 Å². The summed E-state index contributed by atoms with van der Waals surface area (Å²) in [5.41, 5.74) is 3.13. The van der Waals surface area contributed by atoms with Crippen LogP contribution in [0.3, 0.4) is 0 Å². The summed E-state index contributed by atoms with van der Waals surface area (Å²) in [6.45, 7) is 5.34. The topological polar surface area (TPSA) is 32.3 Å². The molecule has 4 atom stereocenters. The number of amides is 1. The Balaban J connectivity index is 0.00000180. The van der Waals surface area contributed by atoms with Gasteiger partial charge in [0.2, 0.25) is 5.91 Å². The zero-order valence-electron chi connectivity index (χ0n) is 15.8. The molecule has 2 bridgehead atoms. The highest BCUT2D eigenvalue weighted by atomic mass is 16.1. The third-order valence-electron chi connectivity index (χ3n) is 7.60. The molecule has 3 aliphatic carbocycles. The van der Waals surface area contributed by atoms with E-state index in [-0.39, 0.29) is 18.8 Å². The monoisotopic (exact) mass is 352 g/mol. The van der Waals surface area contributed by atoms with E-state index in [2.05, 4.69) is 46.6 Å². The Labute approximate surface area is 158 Å². The van der Waals surface area contributed by atoms with Crippen molar-refractivity contribution < 1.29 is 6.22 Å². The molecular weight excluding hydrogens is 320 g/mol. The van der Waals surface area contributed by atoms with Crippen molar-refractivity contribution in [2.75, 3.05) is 19.6 Å². The van der Waals surface area contributed by atoms with E-state index in [1.807, 2.05) is 0 Å². The van der Waals surface area contributed by atoms with Crippen LogP contribution in [0.1, 0.15) is 57.6 Å². The second-order valence-electron chi connectivity index (χ2n) is 9.17. The van der Waals surface area contributed by atoms with E-state index in [4.69, 9.17) is 0 Å². The number of hydrogen-bond acceptors (Lipinski definition) is 2. The van der Waals surface area contributed by atoms with Crippen molar-refractivity contribution in [1.82, 2.24) is 10.2 Å². The van der Waals surface area contributed by atoms with Crippen molar-refractivity contribution in [2.24, 2.45) is 17.8 Å². The van der Waals surface area contributed by atoms with Crippen LogP contribution in [0.15, 0.2) is 36.4 Å². The lowest BCUT2D eigenvalue weighted by Gasteiger charge is -2.41. The molecule has 0 aromatic heterocycles. The minimum Gasteiger partial charge on any atom is -0.349 e. The Morgan fingerprint density at radius 3 is 2.73 bits per heavy atom. The number of allylic oxidation sites excluding steroid dienone is 2. The number of hydrogen-bond donors (Lipinski definition) is 1. The molecule has 3 nitrogen and oxygen atoms in total. The van der Waals surface area contributed by atoms with Crippen LogP contribution in [0.4, 0.5) is 0 Å². The zero-order chi connectivity index (χ0) is 17.7. The van der Waals surface area contributed by atoms with Gasteiger partial charge in [-0.25, -0.2) is 0 Å². The van der Waals surface area contributed by atoms with Gasteiger partial charge < -0.3 is 10.2 Å². The molecule has 1 saturated carbocycles. The van der Waals surface area contributed by atoms with Crippen molar-refractivity contribution in [2.45, 2.75) is 50.5 Å². The molecule has 0 radical (unpaired) electrons. The Hall–Kier alpha value is -1.61. The minimum absolute atomic E-state index is 0. The summed E-state index contributed by atoms with van der Waals surface area (Å²) in [6.07, 6.45) is 11.3. The van der Waals surface area contributed by atoms with Gasteiger partial charge in [0.1, 0.15) is 0 Å². The molecule has 26 heavy (non-hydrogen) atoms. The number of piperidine rings is 1. The van der Waals surface area contributed by atoms with E-state index in [1.165, 1.54) is 56.4 Å². The Morgan fingerprint density at radius 1 is 1.23 bits per heavy atom. The normalized spacial score (nSPS) is 34.3. The number of fused-ring (bicyclic) bond motifs is 4. The lowest BCUT2D eigenvalue weighted by Crippen LogP contribution is -2.44. The third kappa shape index (κ3) is 2.72. The van der Waals surface area contributed by atoms with Gasteiger partial charge in [0, 0.05) is 20.3 Å². The molecule has 1 aromatic rings. The van der Waals surface area contributed by atoms with E-state index in [0.29, 0.717) is 0 Å². The molecule has 4 aliphatic rings. The predicted octanol–water partition coefficient (Wildman–Crippen LogP) is 4.06. The maximum Gasteiger partial charge on any atom is 0.217 e. The van der Waals surface area contributed by atoms with Crippen LogP contribution in [-0.2, 0) is 10.2 Å². The summed E-state index contributed by atoms with van der Waals surface area (Å²) in [6, 6.07) is 9.02. The number of carbonyl (C=O) groups is 1. The average molecular weight is 353 g/mol. The standard InChI is InChI=1S/C23H30N2O.H2/c1-16(26)24-22-14-23(21-5-3-2-4-20(21)22)8-10-25(11-9-23)15-19-13-17-6-7-18(19)12-17;/h2-7,17-19,22H,8-15H2,1H3,(H,24,26);1H/t17-,18+,19+,22?;/m0./s1. The predicted molar refractivity (Wildman–Crippen MR) is 106 cm³/mol. The van der Waals surface area contributed by atoms with Crippen LogP contribution in [0.2, 0.25) is 0 Å². The number of nitrogens with one attached hydrogen (secondary N) is 1. The fourth-order valence-corrected chi connectivity index (χ4v) is 6.34. The van der Waals surface area contributed by atoms with Crippen molar-refractivity contribution >= 4 is 5.91 Å².